The molecule has 1 atom stereocenters. The van der Waals surface area contributed by atoms with Gasteiger partial charge in [-0.15, -0.1) is 0 Å². The Morgan fingerprint density at radius 2 is 1.62 bits per heavy atom. The number of hydrogen-bond donors (Lipinski definition) is 1. The maximum Gasteiger partial charge on any atom is 0.417 e. The molecule has 2 aromatic carbocycles. The van der Waals surface area contributed by atoms with Crippen LogP contribution in [-0.4, -0.2) is 18.5 Å². The van der Waals surface area contributed by atoms with Crippen LogP contribution in [0.3, 0.4) is 0 Å². The minimum Gasteiger partial charge on any atom is -0.452 e. The molecule has 156 valence electrons. The zero-order chi connectivity index (χ0) is 21.6. The fourth-order valence-corrected chi connectivity index (χ4v) is 2.90. The summed E-state index contributed by atoms with van der Waals surface area (Å²) in [6.07, 6.45) is -3.73. The second-order valence-corrected chi connectivity index (χ2v) is 7.25. The molecule has 0 aliphatic heterocycles. The van der Waals surface area contributed by atoms with Crippen molar-refractivity contribution in [3.8, 4) is 0 Å². The number of carbonyl (C=O) groups is 2. The predicted molar refractivity (Wildman–Crippen MR) is 103 cm³/mol. The number of hydrogen-bond acceptors (Lipinski definition) is 3. The van der Waals surface area contributed by atoms with Crippen molar-refractivity contribution in [3.63, 3.8) is 0 Å². The van der Waals surface area contributed by atoms with Gasteiger partial charge in [0.25, 0.3) is 5.91 Å². The molecule has 1 N–H and O–H groups in total. The Morgan fingerprint density at radius 3 is 2.21 bits per heavy atom. The molecule has 0 unspecified atom stereocenters. The Kier molecular flexibility index (Phi) is 7.42. The number of esters is 1. The molecule has 29 heavy (non-hydrogen) atoms. The van der Waals surface area contributed by atoms with Gasteiger partial charge in [0, 0.05) is 0 Å². The van der Waals surface area contributed by atoms with E-state index < -0.39 is 35.8 Å². The fraction of sp³-hybridized carbons (Fsp3) is 0.364. The van der Waals surface area contributed by atoms with Crippen molar-refractivity contribution >= 4 is 11.9 Å². The van der Waals surface area contributed by atoms with Crippen molar-refractivity contribution < 1.29 is 27.5 Å². The number of amides is 1. The van der Waals surface area contributed by atoms with Crippen LogP contribution in [0.4, 0.5) is 13.2 Å². The van der Waals surface area contributed by atoms with Crippen molar-refractivity contribution in [1.29, 1.82) is 0 Å². The zero-order valence-electron chi connectivity index (χ0n) is 16.5. The average Bonchev–Trinajstić information content (AvgIpc) is 2.65. The van der Waals surface area contributed by atoms with Crippen LogP contribution in [0.5, 0.6) is 0 Å². The van der Waals surface area contributed by atoms with Gasteiger partial charge >= 0.3 is 12.1 Å². The van der Waals surface area contributed by atoms with E-state index in [-0.39, 0.29) is 6.04 Å². The summed E-state index contributed by atoms with van der Waals surface area (Å²) in [5.41, 5.74) is 0.348. The summed E-state index contributed by atoms with van der Waals surface area (Å²) in [4.78, 5) is 24.0. The summed E-state index contributed by atoms with van der Waals surface area (Å²) < 4.78 is 43.7. The van der Waals surface area contributed by atoms with Gasteiger partial charge in [0.05, 0.1) is 17.2 Å². The van der Waals surface area contributed by atoms with Crippen molar-refractivity contribution in [2.45, 2.75) is 39.4 Å². The van der Waals surface area contributed by atoms with Gasteiger partial charge in [0.1, 0.15) is 0 Å². The topological polar surface area (TPSA) is 55.4 Å². The Bertz CT molecular complexity index is 845. The highest BCUT2D eigenvalue weighted by molar-refractivity contribution is 5.93. The third kappa shape index (κ3) is 6.62. The lowest BCUT2D eigenvalue weighted by molar-refractivity contribution is -0.138. The SMILES string of the molecule is CC(C)Cc1ccc([C@@H](C)NC(=O)COC(=O)c2ccccc2C(F)(F)F)cc1. The molecule has 4 nitrogen and oxygen atoms in total. The van der Waals surface area contributed by atoms with Crippen LogP contribution in [0.15, 0.2) is 48.5 Å². The lowest BCUT2D eigenvalue weighted by atomic mass is 10.00. The van der Waals surface area contributed by atoms with Crippen molar-refractivity contribution in [2.24, 2.45) is 5.92 Å². The average molecular weight is 407 g/mol. The first-order valence-electron chi connectivity index (χ1n) is 9.29. The summed E-state index contributed by atoms with van der Waals surface area (Å²) in [5, 5.41) is 2.67. The standard InChI is InChI=1S/C22H24F3NO3/c1-14(2)12-16-8-10-17(11-9-16)15(3)26-20(27)13-29-21(28)18-6-4-5-7-19(18)22(23,24)25/h4-11,14-15H,12-13H2,1-3H3,(H,26,27)/t15-/m1/s1. The molecule has 0 aliphatic carbocycles. The molecule has 7 heteroatoms. The molecule has 0 aliphatic rings. The van der Waals surface area contributed by atoms with Gasteiger partial charge in [-0.05, 0) is 42.5 Å². The Hall–Kier alpha value is -2.83. The summed E-state index contributed by atoms with van der Waals surface area (Å²) in [7, 11) is 0. The van der Waals surface area contributed by atoms with E-state index in [1.54, 1.807) is 6.92 Å². The zero-order valence-corrected chi connectivity index (χ0v) is 16.5. The maximum atomic E-state index is 13.0. The number of alkyl halides is 3. The van der Waals surface area contributed by atoms with E-state index in [0.717, 1.165) is 24.1 Å². The van der Waals surface area contributed by atoms with E-state index in [1.807, 2.05) is 24.3 Å². The number of halogens is 3. The minimum absolute atomic E-state index is 0.336. The highest BCUT2D eigenvalue weighted by Gasteiger charge is 2.35. The quantitative estimate of drug-likeness (QED) is 0.662. The Morgan fingerprint density at radius 1 is 1.00 bits per heavy atom. The molecule has 0 aromatic heterocycles. The lowest BCUT2D eigenvalue weighted by Gasteiger charge is -2.16. The van der Waals surface area contributed by atoms with E-state index in [2.05, 4.69) is 19.2 Å². The maximum absolute atomic E-state index is 13.0. The van der Waals surface area contributed by atoms with Crippen molar-refractivity contribution in [1.82, 2.24) is 5.32 Å². The summed E-state index contributed by atoms with van der Waals surface area (Å²) in [5.74, 6) is -1.25. The second-order valence-electron chi connectivity index (χ2n) is 7.25. The Balaban J connectivity index is 1.92. The highest BCUT2D eigenvalue weighted by atomic mass is 19.4. The molecule has 0 radical (unpaired) electrons. The fourth-order valence-electron chi connectivity index (χ4n) is 2.90. The second kappa shape index (κ2) is 9.58. The molecule has 2 aromatic rings. The van der Waals surface area contributed by atoms with E-state index in [4.69, 9.17) is 4.74 Å². The predicted octanol–water partition coefficient (Wildman–Crippen LogP) is 4.94. The molecule has 0 fully saturated rings. The van der Waals surface area contributed by atoms with Gasteiger partial charge in [0.15, 0.2) is 6.61 Å². The number of benzene rings is 2. The third-order valence-electron chi connectivity index (χ3n) is 4.29. The van der Waals surface area contributed by atoms with Crippen LogP contribution in [0.25, 0.3) is 0 Å². The molecular formula is C22H24F3NO3. The lowest BCUT2D eigenvalue weighted by Crippen LogP contribution is -2.31. The first-order valence-corrected chi connectivity index (χ1v) is 9.29. The van der Waals surface area contributed by atoms with Crippen LogP contribution in [0.1, 0.15) is 53.9 Å². The first-order chi connectivity index (χ1) is 13.6. The molecule has 0 spiro atoms. The van der Waals surface area contributed by atoms with Gasteiger partial charge in [-0.3, -0.25) is 4.79 Å². The van der Waals surface area contributed by atoms with Crippen molar-refractivity contribution in [3.05, 3.63) is 70.8 Å². The Labute approximate surface area is 168 Å². The number of ether oxygens (including phenoxy) is 1. The number of carbonyl (C=O) groups excluding carboxylic acids is 2. The van der Waals surface area contributed by atoms with Gasteiger partial charge in [-0.2, -0.15) is 13.2 Å². The van der Waals surface area contributed by atoms with Gasteiger partial charge < -0.3 is 10.1 Å². The molecule has 0 saturated heterocycles. The molecule has 0 heterocycles. The molecule has 1 amide bonds. The smallest absolute Gasteiger partial charge is 0.417 e. The summed E-state index contributed by atoms with van der Waals surface area (Å²) >= 11 is 0. The largest absolute Gasteiger partial charge is 0.452 e. The van der Waals surface area contributed by atoms with E-state index in [9.17, 15) is 22.8 Å². The van der Waals surface area contributed by atoms with Crippen LogP contribution < -0.4 is 5.32 Å². The van der Waals surface area contributed by atoms with Gasteiger partial charge in [-0.25, -0.2) is 4.79 Å². The summed E-state index contributed by atoms with van der Waals surface area (Å²) in [6, 6.07) is 11.8. The number of nitrogens with one attached hydrogen (secondary N) is 1. The van der Waals surface area contributed by atoms with Crippen molar-refractivity contribution in [2.75, 3.05) is 6.61 Å². The monoisotopic (exact) mass is 407 g/mol. The normalized spacial score (nSPS) is 12.5. The highest BCUT2D eigenvalue weighted by Crippen LogP contribution is 2.32. The first kappa shape index (κ1) is 22.5. The molecular weight excluding hydrogens is 383 g/mol. The molecule has 0 saturated carbocycles. The van der Waals surface area contributed by atoms with Crippen LogP contribution in [0.2, 0.25) is 0 Å². The van der Waals surface area contributed by atoms with E-state index in [1.165, 1.54) is 17.7 Å². The van der Waals surface area contributed by atoms with Crippen LogP contribution in [-0.2, 0) is 22.1 Å². The van der Waals surface area contributed by atoms with E-state index >= 15 is 0 Å². The number of rotatable bonds is 7. The molecule has 0 bridgehead atoms. The van der Waals surface area contributed by atoms with Crippen LogP contribution >= 0.6 is 0 Å². The third-order valence-corrected chi connectivity index (χ3v) is 4.29. The molecule has 2 rings (SSSR count). The van der Waals surface area contributed by atoms with Crippen LogP contribution in [0, 0.1) is 5.92 Å². The van der Waals surface area contributed by atoms with Gasteiger partial charge in [0.2, 0.25) is 0 Å². The van der Waals surface area contributed by atoms with Gasteiger partial charge in [-0.1, -0.05) is 50.2 Å². The minimum atomic E-state index is -4.69. The summed E-state index contributed by atoms with van der Waals surface area (Å²) in [6.45, 7) is 5.37. The van der Waals surface area contributed by atoms with E-state index in [0.29, 0.717) is 5.92 Å².